The summed E-state index contributed by atoms with van der Waals surface area (Å²) in [5, 5.41) is 3.35. The number of esters is 1. The molecule has 2 aromatic rings. The zero-order valence-corrected chi connectivity index (χ0v) is 21.0. The first-order valence-corrected chi connectivity index (χ1v) is 12.2. The van der Waals surface area contributed by atoms with Crippen LogP contribution in [0.25, 0.3) is 0 Å². The Balaban J connectivity index is 1.37. The summed E-state index contributed by atoms with van der Waals surface area (Å²) in [5.74, 6) is -0.300. The molecule has 0 saturated carbocycles. The minimum Gasteiger partial charge on any atom is -0.457 e. The molecular formula is C27H33N3O6. The van der Waals surface area contributed by atoms with Crippen molar-refractivity contribution in [3.63, 3.8) is 0 Å². The number of nitrogens with one attached hydrogen (secondary N) is 1. The molecule has 1 saturated heterocycles. The molecule has 9 heteroatoms. The van der Waals surface area contributed by atoms with Crippen LogP contribution in [0.1, 0.15) is 48.7 Å². The zero-order valence-electron chi connectivity index (χ0n) is 21.0. The fourth-order valence-electron chi connectivity index (χ4n) is 4.27. The summed E-state index contributed by atoms with van der Waals surface area (Å²) >= 11 is 0. The van der Waals surface area contributed by atoms with E-state index in [1.807, 2.05) is 63.2 Å². The van der Waals surface area contributed by atoms with Crippen LogP contribution in [-0.2, 0) is 27.4 Å². The minimum absolute atomic E-state index is 0.197. The van der Waals surface area contributed by atoms with Crippen molar-refractivity contribution >= 4 is 23.8 Å². The van der Waals surface area contributed by atoms with Crippen molar-refractivity contribution < 1.29 is 28.6 Å². The van der Waals surface area contributed by atoms with Crippen LogP contribution in [0.15, 0.2) is 48.5 Å². The summed E-state index contributed by atoms with van der Waals surface area (Å²) < 4.78 is 16.2. The summed E-state index contributed by atoms with van der Waals surface area (Å²) in [5.41, 5.74) is 2.61. The number of carbonyl (C=O) groups is 3. The molecule has 0 spiro atoms. The van der Waals surface area contributed by atoms with Gasteiger partial charge in [0.25, 0.3) is 0 Å². The topological polar surface area (TPSA) is 97.4 Å². The number of anilines is 1. The van der Waals surface area contributed by atoms with Gasteiger partial charge in [0.1, 0.15) is 18.8 Å². The molecule has 0 radical (unpaired) electrons. The summed E-state index contributed by atoms with van der Waals surface area (Å²) in [4.78, 5) is 40.7. The van der Waals surface area contributed by atoms with Crippen molar-refractivity contribution in [3.8, 4) is 0 Å². The van der Waals surface area contributed by atoms with Crippen molar-refractivity contribution in [3.05, 3.63) is 65.2 Å². The van der Waals surface area contributed by atoms with Gasteiger partial charge < -0.3 is 29.3 Å². The highest BCUT2D eigenvalue weighted by Crippen LogP contribution is 2.24. The molecule has 0 aliphatic carbocycles. The Labute approximate surface area is 211 Å². The largest absolute Gasteiger partial charge is 0.457 e. The van der Waals surface area contributed by atoms with Crippen molar-refractivity contribution in [2.45, 2.75) is 52.0 Å². The molecule has 1 N–H and O–H groups in total. The van der Waals surface area contributed by atoms with E-state index in [2.05, 4.69) is 5.32 Å². The van der Waals surface area contributed by atoms with Gasteiger partial charge in [-0.05, 0) is 51.0 Å². The number of piperazine rings is 1. The average molecular weight is 496 g/mol. The molecule has 2 aliphatic heterocycles. The van der Waals surface area contributed by atoms with Crippen LogP contribution >= 0.6 is 0 Å². The fourth-order valence-corrected chi connectivity index (χ4v) is 4.27. The monoisotopic (exact) mass is 495 g/mol. The molecule has 2 amide bonds. The molecule has 2 heterocycles. The summed E-state index contributed by atoms with van der Waals surface area (Å²) in [6.45, 7) is 7.61. The number of rotatable bonds is 6. The highest BCUT2D eigenvalue weighted by Gasteiger charge is 2.35. The number of benzene rings is 2. The van der Waals surface area contributed by atoms with Crippen LogP contribution in [0.5, 0.6) is 0 Å². The van der Waals surface area contributed by atoms with Gasteiger partial charge in [0, 0.05) is 37.4 Å². The third kappa shape index (κ3) is 6.47. The molecule has 9 nitrogen and oxygen atoms in total. The van der Waals surface area contributed by atoms with E-state index < -0.39 is 17.8 Å². The summed E-state index contributed by atoms with van der Waals surface area (Å²) in [7, 11) is 0. The fraction of sp³-hybridized carbons (Fsp3) is 0.444. The van der Waals surface area contributed by atoms with Crippen molar-refractivity contribution in [2.24, 2.45) is 0 Å². The zero-order chi connectivity index (χ0) is 25.7. The Bertz CT molecular complexity index is 1100. The number of cyclic esters (lactones) is 1. The first-order chi connectivity index (χ1) is 17.2. The number of hydrogen-bond acceptors (Lipinski definition) is 7. The van der Waals surface area contributed by atoms with Crippen molar-refractivity contribution in [1.29, 1.82) is 0 Å². The lowest BCUT2D eigenvalue weighted by Gasteiger charge is -2.41. The van der Waals surface area contributed by atoms with E-state index in [9.17, 15) is 14.4 Å². The van der Waals surface area contributed by atoms with E-state index in [0.717, 1.165) is 16.8 Å². The Morgan fingerprint density at radius 2 is 1.86 bits per heavy atom. The van der Waals surface area contributed by atoms with Gasteiger partial charge in [0.15, 0.2) is 0 Å². The van der Waals surface area contributed by atoms with Crippen LogP contribution in [0.2, 0.25) is 0 Å². The molecule has 0 unspecified atom stereocenters. The predicted octanol–water partition coefficient (Wildman–Crippen LogP) is 4.42. The SMILES string of the molecule is CC(C)(C)OC(=O)N1CCN(C(=O)OCc2ccccc2)C[C@H]1CCNc1ccc2c(c1)COC2=O. The van der Waals surface area contributed by atoms with Gasteiger partial charge in [0.05, 0.1) is 11.6 Å². The van der Waals surface area contributed by atoms with E-state index in [0.29, 0.717) is 38.2 Å². The van der Waals surface area contributed by atoms with E-state index in [4.69, 9.17) is 14.2 Å². The van der Waals surface area contributed by atoms with Gasteiger partial charge in [-0.2, -0.15) is 0 Å². The standard InChI is InChI=1S/C27H33N3O6/c1-27(2,3)36-26(33)30-14-13-29(25(32)35-17-19-7-5-4-6-8-19)16-22(30)11-12-28-21-9-10-23-20(15-21)18-34-24(23)31/h4-10,15,22,28H,11-14,16-18H2,1-3H3/t22-/m1/s1. The lowest BCUT2D eigenvalue weighted by Crippen LogP contribution is -2.57. The quantitative estimate of drug-likeness (QED) is 0.468. The number of carbonyl (C=O) groups excluding carboxylic acids is 3. The van der Waals surface area contributed by atoms with Crippen LogP contribution in [0.4, 0.5) is 15.3 Å². The number of hydrogen-bond donors (Lipinski definition) is 1. The second-order valence-electron chi connectivity index (χ2n) is 9.98. The molecule has 0 aromatic heterocycles. The molecule has 2 aliphatic rings. The number of nitrogens with zero attached hydrogens (tertiary/aromatic N) is 2. The highest BCUT2D eigenvalue weighted by molar-refractivity contribution is 5.93. The normalized spacial score (nSPS) is 17.3. The maximum absolute atomic E-state index is 12.9. The van der Waals surface area contributed by atoms with Crippen molar-refractivity contribution in [2.75, 3.05) is 31.5 Å². The third-order valence-electron chi connectivity index (χ3n) is 6.06. The summed E-state index contributed by atoms with van der Waals surface area (Å²) in [6, 6.07) is 14.8. The highest BCUT2D eigenvalue weighted by atomic mass is 16.6. The molecule has 1 atom stereocenters. The summed E-state index contributed by atoms with van der Waals surface area (Å²) in [6.07, 6.45) is -0.198. The molecule has 2 aromatic carbocycles. The first-order valence-electron chi connectivity index (χ1n) is 12.2. The van der Waals surface area contributed by atoms with Gasteiger partial charge in [-0.25, -0.2) is 14.4 Å². The van der Waals surface area contributed by atoms with Crippen molar-refractivity contribution in [1.82, 2.24) is 9.80 Å². The van der Waals surface area contributed by atoms with Gasteiger partial charge >= 0.3 is 18.2 Å². The van der Waals surface area contributed by atoms with E-state index in [1.165, 1.54) is 0 Å². The Kier molecular flexibility index (Phi) is 7.67. The third-order valence-corrected chi connectivity index (χ3v) is 6.06. The second kappa shape index (κ2) is 10.9. The van der Waals surface area contributed by atoms with E-state index >= 15 is 0 Å². The Morgan fingerprint density at radius 3 is 2.61 bits per heavy atom. The van der Waals surface area contributed by atoms with Gasteiger partial charge in [-0.3, -0.25) is 0 Å². The lowest BCUT2D eigenvalue weighted by atomic mass is 10.1. The smallest absolute Gasteiger partial charge is 0.410 e. The number of fused-ring (bicyclic) bond motifs is 1. The van der Waals surface area contributed by atoms with Crippen LogP contribution in [0, 0.1) is 0 Å². The van der Waals surface area contributed by atoms with Gasteiger partial charge in [-0.1, -0.05) is 30.3 Å². The molecule has 0 bridgehead atoms. The minimum atomic E-state index is -0.616. The Morgan fingerprint density at radius 1 is 1.08 bits per heavy atom. The van der Waals surface area contributed by atoms with Gasteiger partial charge in [-0.15, -0.1) is 0 Å². The van der Waals surface area contributed by atoms with Gasteiger partial charge in [0.2, 0.25) is 0 Å². The molecule has 192 valence electrons. The lowest BCUT2D eigenvalue weighted by molar-refractivity contribution is -0.00387. The molecule has 1 fully saturated rings. The first kappa shape index (κ1) is 25.3. The average Bonchev–Trinajstić information content (AvgIpc) is 3.22. The molecular weight excluding hydrogens is 462 g/mol. The number of ether oxygens (including phenoxy) is 3. The van der Waals surface area contributed by atoms with Crippen LogP contribution < -0.4 is 5.32 Å². The van der Waals surface area contributed by atoms with E-state index in [1.54, 1.807) is 15.9 Å². The van der Waals surface area contributed by atoms with Crippen LogP contribution in [-0.4, -0.2) is 65.8 Å². The number of amides is 2. The second-order valence-corrected chi connectivity index (χ2v) is 9.98. The molecule has 36 heavy (non-hydrogen) atoms. The molecule has 4 rings (SSSR count). The maximum Gasteiger partial charge on any atom is 0.410 e. The van der Waals surface area contributed by atoms with E-state index in [-0.39, 0.29) is 25.2 Å². The van der Waals surface area contributed by atoms with Crippen LogP contribution in [0.3, 0.4) is 0 Å². The maximum atomic E-state index is 12.9. The Hall–Kier alpha value is -3.75. The predicted molar refractivity (Wildman–Crippen MR) is 134 cm³/mol.